The first-order valence-corrected chi connectivity index (χ1v) is 9.41. The lowest BCUT2D eigenvalue weighted by molar-refractivity contribution is -0.115. The molecular weight excluding hydrogens is 328 g/mol. The fraction of sp³-hybridized carbons (Fsp3) is 0.238. The third kappa shape index (κ3) is 4.83. The Bertz CT molecular complexity index is 805. The molecule has 2 aromatic carbocycles. The summed E-state index contributed by atoms with van der Waals surface area (Å²) in [5.74, 6) is -0.0936. The Kier molecular flexibility index (Phi) is 5.71. The number of unbranched alkanes of at least 4 members (excludes halogenated alkanes) is 1. The molecule has 4 heteroatoms. The lowest BCUT2D eigenvalue weighted by atomic mass is 10.1. The molecule has 1 N–H and O–H groups in total. The van der Waals surface area contributed by atoms with Crippen LogP contribution in [0.1, 0.15) is 36.5 Å². The lowest BCUT2D eigenvalue weighted by Gasteiger charge is -2.01. The number of hydrogen-bond acceptors (Lipinski definition) is 3. The molecule has 0 bridgehead atoms. The van der Waals surface area contributed by atoms with Crippen molar-refractivity contribution in [2.24, 2.45) is 4.99 Å². The van der Waals surface area contributed by atoms with Crippen LogP contribution in [0.15, 0.2) is 58.4 Å². The number of nitrogens with one attached hydrogen (secondary N) is 1. The van der Waals surface area contributed by atoms with Crippen molar-refractivity contribution >= 4 is 34.6 Å². The van der Waals surface area contributed by atoms with E-state index in [0.29, 0.717) is 10.1 Å². The van der Waals surface area contributed by atoms with Crippen molar-refractivity contribution in [3.05, 3.63) is 70.1 Å². The van der Waals surface area contributed by atoms with Crippen molar-refractivity contribution in [3.8, 4) is 0 Å². The van der Waals surface area contributed by atoms with E-state index in [4.69, 9.17) is 0 Å². The molecule has 1 fully saturated rings. The molecule has 128 valence electrons. The van der Waals surface area contributed by atoms with Crippen LogP contribution in [0.4, 0.5) is 5.69 Å². The molecule has 3 nitrogen and oxygen atoms in total. The number of aliphatic imine (C=N–C) groups is 1. The second-order valence-electron chi connectivity index (χ2n) is 6.16. The molecule has 1 amide bonds. The Balaban J connectivity index is 1.71. The van der Waals surface area contributed by atoms with Gasteiger partial charge in [0, 0.05) is 0 Å². The topological polar surface area (TPSA) is 41.5 Å². The van der Waals surface area contributed by atoms with Gasteiger partial charge in [0.15, 0.2) is 5.17 Å². The first kappa shape index (κ1) is 17.5. The molecule has 0 aromatic heterocycles. The van der Waals surface area contributed by atoms with E-state index in [2.05, 4.69) is 29.4 Å². The second-order valence-corrected chi connectivity index (χ2v) is 7.19. The molecule has 0 saturated carbocycles. The average Bonchev–Trinajstić information content (AvgIpc) is 2.95. The summed E-state index contributed by atoms with van der Waals surface area (Å²) in [6.45, 7) is 4.24. The molecule has 1 aliphatic heterocycles. The van der Waals surface area contributed by atoms with Crippen LogP contribution < -0.4 is 5.32 Å². The molecule has 1 aliphatic rings. The molecule has 0 unspecified atom stereocenters. The number of hydrogen-bond donors (Lipinski definition) is 1. The standard InChI is InChI=1S/C21H22N2OS/c1-3-4-5-16-10-12-18(13-11-16)22-21-23-20(24)19(25-21)14-17-8-6-15(2)7-9-17/h6-14H,3-5H2,1-2H3,(H,22,23,24)/b19-14-. The van der Waals surface area contributed by atoms with E-state index >= 15 is 0 Å². The minimum atomic E-state index is -0.0936. The highest BCUT2D eigenvalue weighted by Crippen LogP contribution is 2.28. The summed E-state index contributed by atoms with van der Waals surface area (Å²) in [4.78, 5) is 17.3. The van der Waals surface area contributed by atoms with Crippen molar-refractivity contribution < 1.29 is 4.79 Å². The Hall–Kier alpha value is -2.33. The van der Waals surface area contributed by atoms with Gasteiger partial charge in [0.05, 0.1) is 10.6 Å². The van der Waals surface area contributed by atoms with Crippen LogP contribution in [0.3, 0.4) is 0 Å². The molecule has 1 saturated heterocycles. The van der Waals surface area contributed by atoms with E-state index in [9.17, 15) is 4.79 Å². The zero-order valence-corrected chi connectivity index (χ0v) is 15.4. The van der Waals surface area contributed by atoms with Crippen LogP contribution in [0.2, 0.25) is 0 Å². The monoisotopic (exact) mass is 350 g/mol. The van der Waals surface area contributed by atoms with Crippen molar-refractivity contribution in [2.75, 3.05) is 0 Å². The van der Waals surface area contributed by atoms with Crippen LogP contribution in [-0.4, -0.2) is 11.1 Å². The average molecular weight is 350 g/mol. The third-order valence-corrected chi connectivity index (χ3v) is 4.92. The normalized spacial score (nSPS) is 17.3. The van der Waals surface area contributed by atoms with E-state index in [1.807, 2.05) is 49.4 Å². The number of carbonyl (C=O) groups is 1. The summed E-state index contributed by atoms with van der Waals surface area (Å²) in [5.41, 5.74) is 4.41. The van der Waals surface area contributed by atoms with Gasteiger partial charge < -0.3 is 5.32 Å². The van der Waals surface area contributed by atoms with Gasteiger partial charge in [-0.2, -0.15) is 0 Å². The number of aryl methyl sites for hydroxylation is 2. The molecular formula is C21H22N2OS. The number of carbonyl (C=O) groups excluding carboxylic acids is 1. The van der Waals surface area contributed by atoms with Crippen LogP contribution in [-0.2, 0) is 11.2 Å². The number of benzene rings is 2. The van der Waals surface area contributed by atoms with E-state index in [1.54, 1.807) is 0 Å². The third-order valence-electron chi connectivity index (χ3n) is 4.01. The smallest absolute Gasteiger partial charge is 0.264 e. The van der Waals surface area contributed by atoms with Gasteiger partial charge in [0.2, 0.25) is 0 Å². The highest BCUT2D eigenvalue weighted by molar-refractivity contribution is 8.18. The van der Waals surface area contributed by atoms with E-state index in [1.165, 1.54) is 35.7 Å². The maximum absolute atomic E-state index is 12.1. The van der Waals surface area contributed by atoms with Crippen molar-refractivity contribution in [1.82, 2.24) is 5.32 Å². The minimum Gasteiger partial charge on any atom is -0.300 e. The summed E-state index contributed by atoms with van der Waals surface area (Å²) in [5, 5.41) is 3.47. The van der Waals surface area contributed by atoms with Gasteiger partial charge in [-0.25, -0.2) is 4.99 Å². The highest BCUT2D eigenvalue weighted by atomic mass is 32.2. The molecule has 0 radical (unpaired) electrons. The van der Waals surface area contributed by atoms with Gasteiger partial charge in [-0.1, -0.05) is 55.3 Å². The van der Waals surface area contributed by atoms with E-state index < -0.39 is 0 Å². The maximum Gasteiger partial charge on any atom is 0.264 e. The summed E-state index contributed by atoms with van der Waals surface area (Å²) in [7, 11) is 0. The van der Waals surface area contributed by atoms with Gasteiger partial charge in [0.1, 0.15) is 0 Å². The first-order valence-electron chi connectivity index (χ1n) is 8.59. The zero-order chi connectivity index (χ0) is 17.6. The predicted octanol–water partition coefficient (Wildman–Crippen LogP) is 5.23. The molecule has 0 atom stereocenters. The van der Waals surface area contributed by atoms with Gasteiger partial charge in [-0.05, 0) is 60.9 Å². The fourth-order valence-electron chi connectivity index (χ4n) is 2.53. The maximum atomic E-state index is 12.1. The van der Waals surface area contributed by atoms with Gasteiger partial charge in [-0.15, -0.1) is 0 Å². The molecule has 3 rings (SSSR count). The number of nitrogens with zero attached hydrogens (tertiary/aromatic N) is 1. The molecule has 0 aliphatic carbocycles. The van der Waals surface area contributed by atoms with Gasteiger partial charge in [-0.3, -0.25) is 4.79 Å². The number of amidine groups is 1. The van der Waals surface area contributed by atoms with Crippen LogP contribution in [0.5, 0.6) is 0 Å². The predicted molar refractivity (Wildman–Crippen MR) is 107 cm³/mol. The zero-order valence-electron chi connectivity index (χ0n) is 14.6. The number of amides is 1. The van der Waals surface area contributed by atoms with Gasteiger partial charge >= 0.3 is 0 Å². The summed E-state index contributed by atoms with van der Waals surface area (Å²) in [6, 6.07) is 16.3. The fourth-order valence-corrected chi connectivity index (χ4v) is 3.37. The Morgan fingerprint density at radius 1 is 1.08 bits per heavy atom. The largest absolute Gasteiger partial charge is 0.300 e. The number of thioether (sulfide) groups is 1. The van der Waals surface area contributed by atoms with Crippen LogP contribution in [0.25, 0.3) is 6.08 Å². The van der Waals surface area contributed by atoms with E-state index in [0.717, 1.165) is 17.7 Å². The lowest BCUT2D eigenvalue weighted by Crippen LogP contribution is -2.19. The Morgan fingerprint density at radius 3 is 2.48 bits per heavy atom. The summed E-state index contributed by atoms with van der Waals surface area (Å²) >= 11 is 1.38. The molecule has 1 heterocycles. The van der Waals surface area contributed by atoms with Crippen LogP contribution >= 0.6 is 11.8 Å². The second kappa shape index (κ2) is 8.17. The molecule has 2 aromatic rings. The van der Waals surface area contributed by atoms with Gasteiger partial charge in [0.25, 0.3) is 5.91 Å². The SMILES string of the molecule is CCCCc1ccc(N=C2NC(=O)/C(=C/c3ccc(C)cc3)S2)cc1. The van der Waals surface area contributed by atoms with Crippen molar-refractivity contribution in [3.63, 3.8) is 0 Å². The Morgan fingerprint density at radius 2 is 1.80 bits per heavy atom. The number of rotatable bonds is 5. The van der Waals surface area contributed by atoms with Crippen LogP contribution in [0, 0.1) is 6.92 Å². The quantitative estimate of drug-likeness (QED) is 0.750. The first-order chi connectivity index (χ1) is 12.1. The van der Waals surface area contributed by atoms with Crippen molar-refractivity contribution in [1.29, 1.82) is 0 Å². The molecule has 25 heavy (non-hydrogen) atoms. The highest BCUT2D eigenvalue weighted by Gasteiger charge is 2.23. The molecule has 0 spiro atoms. The van der Waals surface area contributed by atoms with E-state index in [-0.39, 0.29) is 5.91 Å². The minimum absolute atomic E-state index is 0.0936. The van der Waals surface area contributed by atoms with Crippen molar-refractivity contribution in [2.45, 2.75) is 33.1 Å². The summed E-state index contributed by atoms with van der Waals surface area (Å²) < 4.78 is 0. The Labute approximate surface area is 153 Å². The summed E-state index contributed by atoms with van der Waals surface area (Å²) in [6.07, 6.45) is 5.40.